The molecule has 0 fully saturated rings. The van der Waals surface area contributed by atoms with Crippen molar-refractivity contribution in [2.24, 2.45) is 0 Å². The second kappa shape index (κ2) is 9.50. The molecular weight excluding hydrogens is 591 g/mol. The van der Waals surface area contributed by atoms with Crippen molar-refractivity contribution in [3.8, 4) is 28.1 Å². The summed E-state index contributed by atoms with van der Waals surface area (Å²) in [4.78, 5) is 18.9. The number of hydrogen-bond acceptors (Lipinski definition) is 6. The Balaban J connectivity index is 1.28. The number of thiophene rings is 2. The zero-order chi connectivity index (χ0) is 29.5. The van der Waals surface area contributed by atoms with E-state index in [9.17, 15) is 0 Å². The average molecular weight is 612 g/mol. The number of fused-ring (bicyclic) bond motifs is 9. The SMILES string of the molecule is c1ccc2c(c1)sc1c(-c3cc(-c4ccc5c(c4)sc4cnccc45)cc(-n4c5ccccc5c5cccnc54)c3)ncnc12. The lowest BCUT2D eigenvalue weighted by Crippen LogP contribution is -1.98. The predicted molar refractivity (Wildman–Crippen MR) is 189 cm³/mol. The maximum absolute atomic E-state index is 4.90. The fourth-order valence-corrected chi connectivity index (χ4v) is 8.92. The molecule has 0 N–H and O–H groups in total. The summed E-state index contributed by atoms with van der Waals surface area (Å²) in [6, 6.07) is 36.9. The van der Waals surface area contributed by atoms with Crippen LogP contribution in [0.3, 0.4) is 0 Å². The third-order valence-corrected chi connectivity index (χ3v) is 10.9. The first kappa shape index (κ1) is 24.9. The van der Waals surface area contributed by atoms with E-state index in [-0.39, 0.29) is 0 Å². The zero-order valence-electron chi connectivity index (χ0n) is 23.7. The fourth-order valence-electron chi connectivity index (χ4n) is 6.64. The van der Waals surface area contributed by atoms with Crippen LogP contribution in [0.4, 0.5) is 0 Å². The van der Waals surface area contributed by atoms with E-state index in [1.807, 2.05) is 24.7 Å². The number of nitrogens with zero attached hydrogens (tertiary/aromatic N) is 5. The molecule has 6 aromatic heterocycles. The van der Waals surface area contributed by atoms with Crippen molar-refractivity contribution in [1.82, 2.24) is 24.5 Å². The highest BCUT2D eigenvalue weighted by molar-refractivity contribution is 7.26. The van der Waals surface area contributed by atoms with Crippen molar-refractivity contribution < 1.29 is 0 Å². The molecule has 0 unspecified atom stereocenters. The standard InChI is InChI=1S/C38H21N5S2/c1-3-9-31-26(6-1)29-8-5-14-40-38(29)43(31)25-17-23(22-11-12-27-28-13-15-39-20-34(28)44-33(27)19-22)16-24(18-25)35-37-36(42-21-41-35)30-7-2-4-10-32(30)45-37/h1-21H. The first-order chi connectivity index (χ1) is 22.3. The number of rotatable bonds is 3. The van der Waals surface area contributed by atoms with Crippen LogP contribution in [0.15, 0.2) is 128 Å². The number of hydrogen-bond donors (Lipinski definition) is 0. The third-order valence-electron chi connectivity index (χ3n) is 8.65. The number of aromatic nitrogens is 5. The van der Waals surface area contributed by atoms with Gasteiger partial charge in [0, 0.05) is 66.2 Å². The Kier molecular flexibility index (Phi) is 5.25. The molecule has 0 saturated carbocycles. The Morgan fingerprint density at radius 3 is 2.36 bits per heavy atom. The molecule has 0 atom stereocenters. The maximum Gasteiger partial charge on any atom is 0.145 e. The molecular formula is C38H21N5S2. The van der Waals surface area contributed by atoms with Gasteiger partial charge in [-0.25, -0.2) is 15.0 Å². The van der Waals surface area contributed by atoms with Gasteiger partial charge in [-0.05, 0) is 65.7 Å². The van der Waals surface area contributed by atoms with Gasteiger partial charge in [-0.15, -0.1) is 22.7 Å². The Bertz CT molecular complexity index is 2740. The highest BCUT2D eigenvalue weighted by atomic mass is 32.1. The molecule has 0 radical (unpaired) electrons. The van der Waals surface area contributed by atoms with Gasteiger partial charge in [-0.1, -0.05) is 48.5 Å². The Morgan fingerprint density at radius 1 is 0.533 bits per heavy atom. The number of para-hydroxylation sites is 1. The first-order valence-corrected chi connectivity index (χ1v) is 16.3. The molecule has 0 spiro atoms. The maximum atomic E-state index is 4.90. The molecule has 0 amide bonds. The number of benzene rings is 4. The van der Waals surface area contributed by atoms with Crippen LogP contribution in [0.25, 0.3) is 90.5 Å². The van der Waals surface area contributed by atoms with Gasteiger partial charge in [0.2, 0.25) is 0 Å². The molecule has 10 aromatic rings. The van der Waals surface area contributed by atoms with Crippen molar-refractivity contribution in [1.29, 1.82) is 0 Å². The van der Waals surface area contributed by atoms with E-state index in [0.29, 0.717) is 0 Å². The van der Waals surface area contributed by atoms with Gasteiger partial charge in [-0.3, -0.25) is 9.55 Å². The van der Waals surface area contributed by atoms with Gasteiger partial charge in [0.15, 0.2) is 0 Å². The Labute approximate surface area is 264 Å². The largest absolute Gasteiger partial charge is 0.294 e. The van der Waals surface area contributed by atoms with Crippen LogP contribution < -0.4 is 0 Å². The van der Waals surface area contributed by atoms with Gasteiger partial charge < -0.3 is 0 Å². The van der Waals surface area contributed by atoms with E-state index in [1.165, 1.54) is 30.3 Å². The molecule has 210 valence electrons. The van der Waals surface area contributed by atoms with Crippen molar-refractivity contribution in [3.63, 3.8) is 0 Å². The second-order valence-corrected chi connectivity index (χ2v) is 13.3. The van der Waals surface area contributed by atoms with E-state index in [2.05, 4.69) is 107 Å². The molecule has 7 heteroatoms. The lowest BCUT2D eigenvalue weighted by atomic mass is 9.99. The van der Waals surface area contributed by atoms with Crippen LogP contribution >= 0.6 is 22.7 Å². The highest BCUT2D eigenvalue weighted by Crippen LogP contribution is 2.41. The normalized spacial score (nSPS) is 12.0. The summed E-state index contributed by atoms with van der Waals surface area (Å²) in [7, 11) is 0. The molecule has 0 bridgehead atoms. The minimum atomic E-state index is 0.934. The van der Waals surface area contributed by atoms with E-state index >= 15 is 0 Å². The lowest BCUT2D eigenvalue weighted by Gasteiger charge is -2.13. The minimum Gasteiger partial charge on any atom is -0.294 e. The quantitative estimate of drug-likeness (QED) is 0.199. The van der Waals surface area contributed by atoms with Gasteiger partial charge in [0.05, 0.1) is 26.1 Å². The topological polar surface area (TPSA) is 56.5 Å². The summed E-state index contributed by atoms with van der Waals surface area (Å²) in [6.45, 7) is 0. The van der Waals surface area contributed by atoms with E-state index in [1.54, 1.807) is 29.0 Å². The zero-order valence-corrected chi connectivity index (χ0v) is 25.3. The van der Waals surface area contributed by atoms with Gasteiger partial charge in [0.1, 0.15) is 12.0 Å². The van der Waals surface area contributed by atoms with Crippen LogP contribution in [-0.2, 0) is 0 Å². The smallest absolute Gasteiger partial charge is 0.145 e. The number of pyridine rings is 2. The lowest BCUT2D eigenvalue weighted by molar-refractivity contribution is 1.13. The molecule has 0 saturated heterocycles. The predicted octanol–water partition coefficient (Wildman–Crippen LogP) is 10.4. The highest BCUT2D eigenvalue weighted by Gasteiger charge is 2.18. The minimum absolute atomic E-state index is 0.934. The molecule has 6 heterocycles. The van der Waals surface area contributed by atoms with Gasteiger partial charge in [0.25, 0.3) is 0 Å². The van der Waals surface area contributed by atoms with Crippen LogP contribution in [0.1, 0.15) is 0 Å². The van der Waals surface area contributed by atoms with Crippen LogP contribution in [0, 0.1) is 0 Å². The Morgan fingerprint density at radius 2 is 1.38 bits per heavy atom. The van der Waals surface area contributed by atoms with Crippen molar-refractivity contribution in [2.45, 2.75) is 0 Å². The summed E-state index contributed by atoms with van der Waals surface area (Å²) < 4.78 is 7.03. The molecule has 0 aliphatic carbocycles. The van der Waals surface area contributed by atoms with Crippen molar-refractivity contribution >= 4 is 85.1 Å². The summed E-state index contributed by atoms with van der Waals surface area (Å²) in [5.74, 6) is 0. The monoisotopic (exact) mass is 611 g/mol. The first-order valence-electron chi connectivity index (χ1n) is 14.7. The summed E-state index contributed by atoms with van der Waals surface area (Å²) >= 11 is 3.53. The molecule has 45 heavy (non-hydrogen) atoms. The summed E-state index contributed by atoms with van der Waals surface area (Å²) in [5, 5.41) is 5.98. The fraction of sp³-hybridized carbons (Fsp3) is 0. The van der Waals surface area contributed by atoms with E-state index in [0.717, 1.165) is 60.2 Å². The van der Waals surface area contributed by atoms with Crippen LogP contribution in [0.5, 0.6) is 0 Å². The molecule has 4 aromatic carbocycles. The summed E-state index contributed by atoms with van der Waals surface area (Å²) in [5.41, 5.74) is 8.35. The second-order valence-electron chi connectivity index (χ2n) is 11.2. The van der Waals surface area contributed by atoms with Gasteiger partial charge >= 0.3 is 0 Å². The molecule has 0 aliphatic rings. The van der Waals surface area contributed by atoms with Crippen LogP contribution in [0.2, 0.25) is 0 Å². The van der Waals surface area contributed by atoms with Gasteiger partial charge in [-0.2, -0.15) is 0 Å². The van der Waals surface area contributed by atoms with Crippen molar-refractivity contribution in [3.05, 3.63) is 128 Å². The van der Waals surface area contributed by atoms with E-state index < -0.39 is 0 Å². The molecule has 0 aliphatic heterocycles. The average Bonchev–Trinajstić information content (AvgIpc) is 3.77. The summed E-state index contributed by atoms with van der Waals surface area (Å²) in [6.07, 6.45) is 7.40. The molecule has 5 nitrogen and oxygen atoms in total. The molecule has 10 rings (SSSR count). The van der Waals surface area contributed by atoms with Crippen molar-refractivity contribution in [2.75, 3.05) is 0 Å². The Hall–Kier alpha value is -5.50. The van der Waals surface area contributed by atoms with Crippen LogP contribution in [-0.4, -0.2) is 24.5 Å². The van der Waals surface area contributed by atoms with E-state index in [4.69, 9.17) is 15.0 Å². The third kappa shape index (κ3) is 3.72.